The van der Waals surface area contributed by atoms with Gasteiger partial charge in [0, 0.05) is 18.7 Å². The summed E-state index contributed by atoms with van der Waals surface area (Å²) in [7, 11) is -3.28. The number of nitrogens with zero attached hydrogens (tertiary/aromatic N) is 4. The van der Waals surface area contributed by atoms with Crippen LogP contribution in [0.25, 0.3) is 11.5 Å². The molecule has 3 heterocycles. The second kappa shape index (κ2) is 9.46. The van der Waals surface area contributed by atoms with Crippen molar-refractivity contribution in [3.05, 3.63) is 60.4 Å². The van der Waals surface area contributed by atoms with Gasteiger partial charge in [0.25, 0.3) is 11.8 Å². The average molecular weight is 483 g/mol. The number of sulfonamides is 1. The maximum Gasteiger partial charge on any atom is 0.261 e. The molecule has 0 saturated carbocycles. The number of ether oxygens (including phenoxy) is 1. The number of piperidine rings is 1. The molecule has 0 unspecified atom stereocenters. The van der Waals surface area contributed by atoms with Crippen LogP contribution in [-0.4, -0.2) is 54.8 Å². The smallest absolute Gasteiger partial charge is 0.261 e. The van der Waals surface area contributed by atoms with Crippen LogP contribution in [0, 0.1) is 0 Å². The summed E-state index contributed by atoms with van der Waals surface area (Å²) in [4.78, 5) is 19.3. The number of likely N-dealkylation sites (tertiary alicyclic amines) is 1. The minimum absolute atomic E-state index is 0.0580. The van der Waals surface area contributed by atoms with Crippen molar-refractivity contribution < 1.29 is 22.5 Å². The summed E-state index contributed by atoms with van der Waals surface area (Å²) in [6, 6.07) is 16.0. The third kappa shape index (κ3) is 4.63. The van der Waals surface area contributed by atoms with E-state index in [2.05, 4.69) is 10.1 Å². The quantitative estimate of drug-likeness (QED) is 0.530. The number of benzene rings is 2. The lowest BCUT2D eigenvalue weighted by Gasteiger charge is -2.33. The van der Waals surface area contributed by atoms with Crippen LogP contribution in [0.1, 0.15) is 37.5 Å². The third-order valence-electron chi connectivity index (χ3n) is 6.15. The van der Waals surface area contributed by atoms with Crippen molar-refractivity contribution >= 4 is 21.6 Å². The number of aromatic nitrogens is 2. The fraction of sp³-hybridized carbons (Fsp3) is 0.375. The van der Waals surface area contributed by atoms with Gasteiger partial charge in [-0.3, -0.25) is 9.10 Å². The van der Waals surface area contributed by atoms with Gasteiger partial charge in [0.2, 0.25) is 10.0 Å². The molecule has 5 rings (SSSR count). The molecule has 3 aromatic rings. The molecule has 0 aliphatic carbocycles. The zero-order valence-electron chi connectivity index (χ0n) is 18.7. The Morgan fingerprint density at radius 3 is 2.71 bits per heavy atom. The molecule has 10 heteroatoms. The topological polar surface area (TPSA) is 106 Å². The van der Waals surface area contributed by atoms with E-state index in [1.165, 1.54) is 4.31 Å². The van der Waals surface area contributed by atoms with Crippen molar-refractivity contribution in [1.29, 1.82) is 0 Å². The van der Waals surface area contributed by atoms with Gasteiger partial charge in [-0.15, -0.1) is 0 Å². The van der Waals surface area contributed by atoms with E-state index in [0.717, 1.165) is 19.3 Å². The molecule has 1 amide bonds. The van der Waals surface area contributed by atoms with Crippen LogP contribution in [0.15, 0.2) is 59.1 Å². The summed E-state index contributed by atoms with van der Waals surface area (Å²) < 4.78 is 37.2. The minimum atomic E-state index is -3.28. The predicted molar refractivity (Wildman–Crippen MR) is 126 cm³/mol. The van der Waals surface area contributed by atoms with E-state index >= 15 is 0 Å². The van der Waals surface area contributed by atoms with Crippen LogP contribution in [0.3, 0.4) is 0 Å². The molecule has 2 saturated heterocycles. The second-order valence-electron chi connectivity index (χ2n) is 8.45. The lowest BCUT2D eigenvalue weighted by molar-refractivity contribution is -0.137. The van der Waals surface area contributed by atoms with E-state index in [1.807, 2.05) is 30.3 Å². The maximum atomic E-state index is 12.9. The SMILES string of the molecule is O=C(COc1ccccc1)N1CCCC[C@@H]1c1noc(-c2cccc(N3CCCS3(=O)=O)c2)n1. The first-order chi connectivity index (χ1) is 16.5. The Bertz CT molecular complexity index is 1260. The average Bonchev–Trinajstić information content (AvgIpc) is 3.50. The van der Waals surface area contributed by atoms with Crippen molar-refractivity contribution in [2.75, 3.05) is 29.8 Å². The van der Waals surface area contributed by atoms with Crippen LogP contribution >= 0.6 is 0 Å². The summed E-state index contributed by atoms with van der Waals surface area (Å²) >= 11 is 0. The van der Waals surface area contributed by atoms with Crippen molar-refractivity contribution in [2.24, 2.45) is 0 Å². The first-order valence-electron chi connectivity index (χ1n) is 11.4. The Morgan fingerprint density at radius 1 is 1.06 bits per heavy atom. The first-order valence-corrected chi connectivity index (χ1v) is 13.0. The Balaban J connectivity index is 1.33. The number of hydrogen-bond donors (Lipinski definition) is 0. The molecule has 1 aromatic heterocycles. The van der Waals surface area contributed by atoms with Crippen LogP contribution in [0.2, 0.25) is 0 Å². The van der Waals surface area contributed by atoms with Gasteiger partial charge < -0.3 is 14.2 Å². The highest BCUT2D eigenvalue weighted by Gasteiger charge is 2.32. The van der Waals surface area contributed by atoms with Gasteiger partial charge in [0.05, 0.1) is 17.5 Å². The number of hydrogen-bond acceptors (Lipinski definition) is 7. The number of carbonyl (C=O) groups excluding carboxylic acids is 1. The highest BCUT2D eigenvalue weighted by molar-refractivity contribution is 7.93. The Labute approximate surface area is 198 Å². The molecule has 178 valence electrons. The highest BCUT2D eigenvalue weighted by Crippen LogP contribution is 2.32. The molecule has 9 nitrogen and oxygen atoms in total. The molecule has 2 fully saturated rings. The number of amides is 1. The van der Waals surface area contributed by atoms with Gasteiger partial charge in [-0.25, -0.2) is 8.42 Å². The molecule has 2 aliphatic heterocycles. The standard InChI is InChI=1S/C24H26N4O5S/c29-22(17-32-20-10-2-1-3-11-20)27-13-5-4-12-21(27)23-25-24(33-26-23)18-8-6-9-19(16-18)28-14-7-15-34(28,30)31/h1-3,6,8-11,16,21H,4-5,7,12-15,17H2/t21-/m1/s1. The van der Waals surface area contributed by atoms with Crippen LogP contribution in [-0.2, 0) is 14.8 Å². The first kappa shape index (κ1) is 22.4. The van der Waals surface area contributed by atoms with Gasteiger partial charge in [0.15, 0.2) is 12.4 Å². The molecular weight excluding hydrogens is 456 g/mol. The molecule has 2 aromatic carbocycles. The summed E-state index contributed by atoms with van der Waals surface area (Å²) in [6.07, 6.45) is 3.21. The highest BCUT2D eigenvalue weighted by atomic mass is 32.2. The number of para-hydroxylation sites is 1. The van der Waals surface area contributed by atoms with Crippen molar-refractivity contribution in [3.63, 3.8) is 0 Å². The number of anilines is 1. The zero-order valence-corrected chi connectivity index (χ0v) is 19.5. The van der Waals surface area contributed by atoms with E-state index in [1.54, 1.807) is 29.2 Å². The summed E-state index contributed by atoms with van der Waals surface area (Å²) in [5.74, 6) is 1.42. The molecule has 34 heavy (non-hydrogen) atoms. The van der Waals surface area contributed by atoms with Crippen molar-refractivity contribution in [1.82, 2.24) is 15.0 Å². The van der Waals surface area contributed by atoms with Gasteiger partial charge in [-0.2, -0.15) is 4.98 Å². The largest absolute Gasteiger partial charge is 0.484 e. The van der Waals surface area contributed by atoms with Crippen molar-refractivity contribution in [2.45, 2.75) is 31.7 Å². The van der Waals surface area contributed by atoms with Gasteiger partial charge in [-0.05, 0) is 56.0 Å². The van der Waals surface area contributed by atoms with E-state index in [9.17, 15) is 13.2 Å². The monoisotopic (exact) mass is 482 g/mol. The summed E-state index contributed by atoms with van der Waals surface area (Å²) in [5, 5.41) is 4.17. The molecule has 1 atom stereocenters. The van der Waals surface area contributed by atoms with E-state index in [0.29, 0.717) is 48.2 Å². The van der Waals surface area contributed by atoms with Crippen molar-refractivity contribution in [3.8, 4) is 17.2 Å². The summed E-state index contributed by atoms with van der Waals surface area (Å²) in [6.45, 7) is 1.01. The Kier molecular flexibility index (Phi) is 6.23. The number of rotatable bonds is 6. The second-order valence-corrected chi connectivity index (χ2v) is 10.5. The fourth-order valence-corrected chi connectivity index (χ4v) is 6.01. The van der Waals surface area contributed by atoms with Gasteiger partial charge in [-0.1, -0.05) is 29.4 Å². The van der Waals surface area contributed by atoms with E-state index in [4.69, 9.17) is 9.26 Å². The Hall–Kier alpha value is -3.40. The predicted octanol–water partition coefficient (Wildman–Crippen LogP) is 3.41. The normalized spacial score (nSPS) is 19.8. The molecule has 0 spiro atoms. The molecular formula is C24H26N4O5S. The minimum Gasteiger partial charge on any atom is -0.484 e. The van der Waals surface area contributed by atoms with Crippen LogP contribution < -0.4 is 9.04 Å². The van der Waals surface area contributed by atoms with E-state index in [-0.39, 0.29) is 24.3 Å². The molecule has 2 aliphatic rings. The third-order valence-corrected chi connectivity index (χ3v) is 8.02. The van der Waals surface area contributed by atoms with Gasteiger partial charge >= 0.3 is 0 Å². The van der Waals surface area contributed by atoms with Gasteiger partial charge in [0.1, 0.15) is 5.75 Å². The van der Waals surface area contributed by atoms with Crippen LogP contribution in [0.4, 0.5) is 5.69 Å². The lowest BCUT2D eigenvalue weighted by atomic mass is 10.0. The van der Waals surface area contributed by atoms with Crippen LogP contribution in [0.5, 0.6) is 5.75 Å². The maximum absolute atomic E-state index is 12.9. The fourth-order valence-electron chi connectivity index (χ4n) is 4.45. The molecule has 0 bridgehead atoms. The zero-order chi connectivity index (χ0) is 23.5. The molecule has 0 radical (unpaired) electrons. The number of carbonyl (C=O) groups is 1. The van der Waals surface area contributed by atoms with E-state index < -0.39 is 10.0 Å². The lowest BCUT2D eigenvalue weighted by Crippen LogP contribution is -2.41. The molecule has 0 N–H and O–H groups in total. The Morgan fingerprint density at radius 2 is 1.91 bits per heavy atom. The summed E-state index contributed by atoms with van der Waals surface area (Å²) in [5.41, 5.74) is 1.22.